The predicted molar refractivity (Wildman–Crippen MR) is 110 cm³/mol. The van der Waals surface area contributed by atoms with Crippen LogP contribution in [-0.2, 0) is 11.2 Å². The van der Waals surface area contributed by atoms with Gasteiger partial charge in [0.2, 0.25) is 5.91 Å². The predicted octanol–water partition coefficient (Wildman–Crippen LogP) is 2.79. The van der Waals surface area contributed by atoms with Crippen LogP contribution < -0.4 is 10.2 Å². The number of carbonyl (C=O) groups excluding carboxylic acids is 1. The van der Waals surface area contributed by atoms with Gasteiger partial charge < -0.3 is 9.80 Å². The fraction of sp³-hybridized carbons (Fsp3) is 0.611. The van der Waals surface area contributed by atoms with Crippen molar-refractivity contribution in [3.63, 3.8) is 0 Å². The Kier molecular flexibility index (Phi) is 7.74. The molecule has 1 aromatic rings. The highest BCUT2D eigenvalue weighted by Gasteiger charge is 2.31. The van der Waals surface area contributed by atoms with Gasteiger partial charge in [-0.05, 0) is 36.8 Å². The SMILES string of the molecule is Cl.Cl.O=C(C1CSCN1)N1CCC(CN2CCc3ccccc32)CC1. The van der Waals surface area contributed by atoms with Crippen LogP contribution in [0.1, 0.15) is 18.4 Å². The number of piperidine rings is 1. The van der Waals surface area contributed by atoms with Crippen molar-refractivity contribution in [2.24, 2.45) is 5.92 Å². The molecule has 1 atom stereocenters. The Morgan fingerprint density at radius 1 is 1.16 bits per heavy atom. The number of carbonyl (C=O) groups is 1. The molecule has 3 aliphatic heterocycles. The number of nitrogens with one attached hydrogen (secondary N) is 1. The third-order valence-corrected chi connectivity index (χ3v) is 6.34. The molecule has 3 aliphatic rings. The summed E-state index contributed by atoms with van der Waals surface area (Å²) in [6.07, 6.45) is 3.47. The van der Waals surface area contributed by atoms with Gasteiger partial charge in [-0.3, -0.25) is 10.1 Å². The number of thioether (sulfide) groups is 1. The lowest BCUT2D eigenvalue weighted by molar-refractivity contribution is -0.134. The molecule has 0 radical (unpaired) electrons. The number of hydrogen-bond donors (Lipinski definition) is 1. The fourth-order valence-corrected chi connectivity index (χ4v) is 4.95. The number of nitrogens with zero attached hydrogens (tertiary/aromatic N) is 2. The molecule has 4 nitrogen and oxygen atoms in total. The Morgan fingerprint density at radius 2 is 1.92 bits per heavy atom. The minimum atomic E-state index is 0. The maximum atomic E-state index is 12.5. The first kappa shape index (κ1) is 20.7. The smallest absolute Gasteiger partial charge is 0.240 e. The second-order valence-electron chi connectivity index (χ2n) is 6.87. The Morgan fingerprint density at radius 3 is 2.64 bits per heavy atom. The van der Waals surface area contributed by atoms with Crippen molar-refractivity contribution in [2.75, 3.05) is 42.7 Å². The van der Waals surface area contributed by atoms with Crippen molar-refractivity contribution in [2.45, 2.75) is 25.3 Å². The Balaban J connectivity index is 0.00000113. The van der Waals surface area contributed by atoms with Crippen molar-refractivity contribution in [1.82, 2.24) is 10.2 Å². The minimum absolute atomic E-state index is 0. The number of fused-ring (bicyclic) bond motifs is 1. The zero-order valence-corrected chi connectivity index (χ0v) is 16.8. The lowest BCUT2D eigenvalue weighted by Crippen LogP contribution is -2.48. The van der Waals surface area contributed by atoms with Gasteiger partial charge in [0.15, 0.2) is 0 Å². The van der Waals surface area contributed by atoms with Gasteiger partial charge in [-0.1, -0.05) is 18.2 Å². The maximum Gasteiger partial charge on any atom is 0.240 e. The van der Waals surface area contributed by atoms with E-state index in [2.05, 4.69) is 39.4 Å². The Hall–Kier alpha value is -0.620. The van der Waals surface area contributed by atoms with Crippen LogP contribution in [0.25, 0.3) is 0 Å². The normalized spacial score (nSPS) is 23.0. The molecule has 0 saturated carbocycles. The van der Waals surface area contributed by atoms with Crippen molar-refractivity contribution >= 4 is 48.2 Å². The van der Waals surface area contributed by atoms with Crippen molar-refractivity contribution in [3.05, 3.63) is 29.8 Å². The maximum absolute atomic E-state index is 12.5. The molecule has 140 valence electrons. The third kappa shape index (κ3) is 4.57. The molecule has 0 bridgehead atoms. The first-order valence-electron chi connectivity index (χ1n) is 8.74. The number of para-hydroxylation sites is 1. The van der Waals surface area contributed by atoms with E-state index < -0.39 is 0 Å². The summed E-state index contributed by atoms with van der Waals surface area (Å²) >= 11 is 1.82. The van der Waals surface area contributed by atoms with E-state index in [1.54, 1.807) is 0 Å². The molecule has 1 amide bonds. The number of hydrogen-bond acceptors (Lipinski definition) is 4. The molecule has 0 aliphatic carbocycles. The fourth-order valence-electron chi connectivity index (χ4n) is 4.02. The molecule has 4 rings (SSSR count). The van der Waals surface area contributed by atoms with Crippen molar-refractivity contribution in [3.8, 4) is 0 Å². The molecule has 2 saturated heterocycles. The number of likely N-dealkylation sites (tertiary alicyclic amines) is 1. The lowest BCUT2D eigenvalue weighted by atomic mass is 9.95. The van der Waals surface area contributed by atoms with Crippen LogP contribution in [0.5, 0.6) is 0 Å². The topological polar surface area (TPSA) is 35.6 Å². The van der Waals surface area contributed by atoms with Crippen LogP contribution in [0.3, 0.4) is 0 Å². The van der Waals surface area contributed by atoms with Gasteiger partial charge in [0.05, 0.1) is 6.04 Å². The van der Waals surface area contributed by atoms with Crippen LogP contribution in [0.15, 0.2) is 24.3 Å². The number of benzene rings is 1. The summed E-state index contributed by atoms with van der Waals surface area (Å²) in [4.78, 5) is 17.1. The molecule has 7 heteroatoms. The average molecular weight is 404 g/mol. The molecular weight excluding hydrogens is 377 g/mol. The van der Waals surface area contributed by atoms with Crippen LogP contribution in [-0.4, -0.2) is 54.7 Å². The highest BCUT2D eigenvalue weighted by Crippen LogP contribution is 2.30. The van der Waals surface area contributed by atoms with Gasteiger partial charge >= 0.3 is 0 Å². The summed E-state index contributed by atoms with van der Waals surface area (Å²) in [6, 6.07) is 8.85. The van der Waals surface area contributed by atoms with Crippen LogP contribution in [0, 0.1) is 5.92 Å². The quantitative estimate of drug-likeness (QED) is 0.841. The van der Waals surface area contributed by atoms with Gasteiger partial charge in [0.1, 0.15) is 0 Å². The van der Waals surface area contributed by atoms with Crippen LogP contribution in [0.4, 0.5) is 5.69 Å². The second kappa shape index (κ2) is 9.36. The standard InChI is InChI=1S/C18H25N3OS.2ClH/c22-18(16-12-23-13-19-16)20-8-5-14(6-9-20)11-21-10-7-15-3-1-2-4-17(15)21;;/h1-4,14,16,19H,5-13H2;2*1H. The van der Waals surface area contributed by atoms with E-state index in [0.717, 1.165) is 56.6 Å². The molecule has 2 fully saturated rings. The van der Waals surface area contributed by atoms with E-state index in [1.165, 1.54) is 17.7 Å². The second-order valence-corrected chi connectivity index (χ2v) is 7.90. The van der Waals surface area contributed by atoms with E-state index in [0.29, 0.717) is 5.91 Å². The van der Waals surface area contributed by atoms with E-state index in [9.17, 15) is 4.79 Å². The molecule has 3 heterocycles. The summed E-state index contributed by atoms with van der Waals surface area (Å²) in [5.41, 5.74) is 2.92. The molecule has 1 N–H and O–H groups in total. The lowest BCUT2D eigenvalue weighted by Gasteiger charge is -2.35. The van der Waals surface area contributed by atoms with E-state index >= 15 is 0 Å². The monoisotopic (exact) mass is 403 g/mol. The van der Waals surface area contributed by atoms with E-state index in [1.807, 2.05) is 11.8 Å². The molecule has 1 unspecified atom stereocenters. The number of halogens is 2. The minimum Gasteiger partial charge on any atom is -0.371 e. The van der Waals surface area contributed by atoms with Crippen LogP contribution in [0.2, 0.25) is 0 Å². The highest BCUT2D eigenvalue weighted by molar-refractivity contribution is 7.99. The zero-order chi connectivity index (χ0) is 15.6. The average Bonchev–Trinajstić information content (AvgIpc) is 3.25. The summed E-state index contributed by atoms with van der Waals surface area (Å²) in [5, 5.41) is 3.30. The van der Waals surface area contributed by atoms with Gasteiger partial charge in [0, 0.05) is 43.5 Å². The van der Waals surface area contributed by atoms with Gasteiger partial charge in [-0.2, -0.15) is 0 Å². The number of rotatable bonds is 3. The van der Waals surface area contributed by atoms with Crippen molar-refractivity contribution in [1.29, 1.82) is 0 Å². The zero-order valence-electron chi connectivity index (χ0n) is 14.4. The first-order chi connectivity index (χ1) is 11.3. The summed E-state index contributed by atoms with van der Waals surface area (Å²) in [7, 11) is 0. The van der Waals surface area contributed by atoms with E-state index in [-0.39, 0.29) is 30.9 Å². The van der Waals surface area contributed by atoms with Crippen molar-refractivity contribution < 1.29 is 4.79 Å². The molecule has 25 heavy (non-hydrogen) atoms. The molecule has 0 spiro atoms. The van der Waals surface area contributed by atoms with Gasteiger partial charge in [0.25, 0.3) is 0 Å². The summed E-state index contributed by atoms with van der Waals surface area (Å²) < 4.78 is 0. The Bertz CT molecular complexity index is 575. The summed E-state index contributed by atoms with van der Waals surface area (Å²) in [5.74, 6) is 2.89. The van der Waals surface area contributed by atoms with Crippen LogP contribution >= 0.6 is 36.6 Å². The largest absolute Gasteiger partial charge is 0.371 e. The van der Waals surface area contributed by atoms with E-state index in [4.69, 9.17) is 0 Å². The molecular formula is C18H27Cl2N3OS. The molecule has 0 aromatic heterocycles. The number of amides is 1. The first-order valence-corrected chi connectivity index (χ1v) is 9.89. The van der Waals surface area contributed by atoms with Gasteiger partial charge in [-0.15, -0.1) is 36.6 Å². The molecule has 1 aromatic carbocycles. The third-order valence-electron chi connectivity index (χ3n) is 5.40. The van der Waals surface area contributed by atoms with Gasteiger partial charge in [-0.25, -0.2) is 0 Å². The number of anilines is 1. The Labute approximate surface area is 166 Å². The summed E-state index contributed by atoms with van der Waals surface area (Å²) in [6.45, 7) is 4.17. The highest BCUT2D eigenvalue weighted by atomic mass is 35.5.